The van der Waals surface area contributed by atoms with Crippen LogP contribution in [0, 0.1) is 5.92 Å². The van der Waals surface area contributed by atoms with E-state index >= 15 is 0 Å². The van der Waals surface area contributed by atoms with Crippen LogP contribution in [-0.4, -0.2) is 39.7 Å². The van der Waals surface area contributed by atoms with Gasteiger partial charge in [-0.15, -0.1) is 0 Å². The molecule has 3 rings (SSSR count). The molecule has 2 aromatic rings. The average Bonchev–Trinajstić information content (AvgIpc) is 2.72. The fourth-order valence-corrected chi connectivity index (χ4v) is 3.64. The first-order valence-corrected chi connectivity index (χ1v) is 9.73. The zero-order valence-corrected chi connectivity index (χ0v) is 16.4. The monoisotopic (exact) mass is 385 g/mol. The van der Waals surface area contributed by atoms with Crippen molar-refractivity contribution in [2.24, 2.45) is 13.0 Å². The van der Waals surface area contributed by atoms with E-state index in [9.17, 15) is 14.4 Å². The van der Waals surface area contributed by atoms with Gasteiger partial charge in [0.1, 0.15) is 5.82 Å². The quantitative estimate of drug-likeness (QED) is 0.784. The Balaban J connectivity index is 1.66. The van der Waals surface area contributed by atoms with Gasteiger partial charge in [0.15, 0.2) is 0 Å². The summed E-state index contributed by atoms with van der Waals surface area (Å²) in [5.41, 5.74) is 0.482. The van der Waals surface area contributed by atoms with Gasteiger partial charge in [-0.2, -0.15) is 0 Å². The number of hydrogen-bond donors (Lipinski definition) is 1. The lowest BCUT2D eigenvalue weighted by molar-refractivity contribution is -0.125. The molecule has 0 saturated carbocycles. The van der Waals surface area contributed by atoms with Crippen LogP contribution in [0.1, 0.15) is 25.3 Å². The van der Waals surface area contributed by atoms with Gasteiger partial charge in [0.25, 0.3) is 5.56 Å². The first-order valence-electron chi connectivity index (χ1n) is 9.73. The molecule has 1 N–H and O–H groups in total. The van der Waals surface area contributed by atoms with Crippen molar-refractivity contribution >= 4 is 11.7 Å². The molecular formula is C20H27N5O3. The molecule has 1 saturated heterocycles. The molecule has 8 heteroatoms. The smallest absolute Gasteiger partial charge is 0.332 e. The summed E-state index contributed by atoms with van der Waals surface area (Å²) in [6.45, 7) is 4.16. The highest BCUT2D eigenvalue weighted by Crippen LogP contribution is 2.22. The molecule has 1 unspecified atom stereocenters. The maximum absolute atomic E-state index is 12.6. The van der Waals surface area contributed by atoms with Crippen LogP contribution < -0.4 is 21.5 Å². The Morgan fingerprint density at radius 3 is 2.75 bits per heavy atom. The molecule has 1 atom stereocenters. The van der Waals surface area contributed by atoms with E-state index in [2.05, 4.69) is 10.3 Å². The van der Waals surface area contributed by atoms with E-state index in [1.165, 1.54) is 13.1 Å². The second-order valence-electron chi connectivity index (χ2n) is 7.11. The highest BCUT2D eigenvalue weighted by Gasteiger charge is 2.27. The van der Waals surface area contributed by atoms with E-state index in [4.69, 9.17) is 0 Å². The number of nitrogens with zero attached hydrogens (tertiary/aromatic N) is 4. The van der Waals surface area contributed by atoms with Crippen molar-refractivity contribution in [3.63, 3.8) is 0 Å². The SMILES string of the molecule is CCn1c(N2CCCC(C(=O)NCCc3ccncc3)C2)cc(=O)n(C)c1=O. The van der Waals surface area contributed by atoms with E-state index < -0.39 is 0 Å². The van der Waals surface area contributed by atoms with Crippen LogP contribution in [0.25, 0.3) is 0 Å². The van der Waals surface area contributed by atoms with Crippen molar-refractivity contribution in [2.75, 3.05) is 24.5 Å². The summed E-state index contributed by atoms with van der Waals surface area (Å²) in [5.74, 6) is 0.466. The molecule has 1 fully saturated rings. The summed E-state index contributed by atoms with van der Waals surface area (Å²) in [6, 6.07) is 5.37. The van der Waals surface area contributed by atoms with Gasteiger partial charge in [-0.25, -0.2) is 4.79 Å². The fraction of sp³-hybridized carbons (Fsp3) is 0.500. The van der Waals surface area contributed by atoms with Crippen LogP contribution in [0.4, 0.5) is 5.82 Å². The van der Waals surface area contributed by atoms with Crippen molar-refractivity contribution in [1.29, 1.82) is 0 Å². The standard InChI is InChI=1S/C20H27N5O3/c1-3-25-17(13-18(26)23(2)20(25)28)24-12-4-5-16(14-24)19(27)22-11-8-15-6-9-21-10-7-15/h6-7,9-10,13,16H,3-5,8,11-12,14H2,1-2H3,(H,22,27). The first kappa shape index (κ1) is 19.9. The molecule has 0 aromatic carbocycles. The van der Waals surface area contributed by atoms with Gasteiger partial charge in [0, 0.05) is 51.7 Å². The lowest BCUT2D eigenvalue weighted by Gasteiger charge is -2.34. The topological polar surface area (TPSA) is 89.2 Å². The number of anilines is 1. The Morgan fingerprint density at radius 2 is 2.04 bits per heavy atom. The van der Waals surface area contributed by atoms with Crippen LogP contribution in [-0.2, 0) is 24.8 Å². The number of hydrogen-bond acceptors (Lipinski definition) is 5. The molecule has 1 aliphatic heterocycles. The van der Waals surface area contributed by atoms with E-state index in [0.29, 0.717) is 25.5 Å². The van der Waals surface area contributed by atoms with E-state index in [0.717, 1.165) is 35.9 Å². The summed E-state index contributed by atoms with van der Waals surface area (Å²) < 4.78 is 2.70. The Labute approximate surface area is 163 Å². The van der Waals surface area contributed by atoms with Gasteiger partial charge >= 0.3 is 5.69 Å². The third-order valence-electron chi connectivity index (χ3n) is 5.27. The third kappa shape index (κ3) is 4.32. The molecule has 28 heavy (non-hydrogen) atoms. The second-order valence-corrected chi connectivity index (χ2v) is 7.11. The highest BCUT2D eigenvalue weighted by molar-refractivity contribution is 5.79. The number of nitrogens with one attached hydrogen (secondary N) is 1. The Bertz CT molecular complexity index is 935. The number of aromatic nitrogens is 3. The molecule has 0 spiro atoms. The minimum absolute atomic E-state index is 0.0213. The molecule has 3 heterocycles. The number of rotatable bonds is 6. The zero-order valence-electron chi connectivity index (χ0n) is 16.4. The van der Waals surface area contributed by atoms with E-state index in [1.54, 1.807) is 17.0 Å². The molecule has 8 nitrogen and oxygen atoms in total. The molecule has 0 radical (unpaired) electrons. The van der Waals surface area contributed by atoms with Crippen LogP contribution in [0.15, 0.2) is 40.2 Å². The largest absolute Gasteiger partial charge is 0.357 e. The lowest BCUT2D eigenvalue weighted by atomic mass is 9.97. The van der Waals surface area contributed by atoms with Crippen molar-refractivity contribution < 1.29 is 4.79 Å². The summed E-state index contributed by atoms with van der Waals surface area (Å²) in [7, 11) is 1.48. The van der Waals surface area contributed by atoms with Crippen LogP contribution in [0.5, 0.6) is 0 Å². The van der Waals surface area contributed by atoms with Crippen LogP contribution in [0.2, 0.25) is 0 Å². The Kier molecular flexibility index (Phi) is 6.28. The minimum Gasteiger partial charge on any atom is -0.357 e. The van der Waals surface area contributed by atoms with Gasteiger partial charge in [0.05, 0.1) is 5.92 Å². The zero-order chi connectivity index (χ0) is 20.1. The minimum atomic E-state index is -0.325. The number of pyridine rings is 1. The Morgan fingerprint density at radius 1 is 1.29 bits per heavy atom. The van der Waals surface area contributed by atoms with E-state index in [-0.39, 0.29) is 23.1 Å². The summed E-state index contributed by atoms with van der Waals surface area (Å²) >= 11 is 0. The number of carbonyl (C=O) groups is 1. The van der Waals surface area contributed by atoms with Crippen LogP contribution >= 0.6 is 0 Å². The predicted octanol–water partition coefficient (Wildman–Crippen LogP) is 0.537. The van der Waals surface area contributed by atoms with E-state index in [1.807, 2.05) is 24.0 Å². The second kappa shape index (κ2) is 8.86. The number of piperidine rings is 1. The number of carbonyl (C=O) groups excluding carboxylic acids is 1. The maximum atomic E-state index is 12.6. The maximum Gasteiger partial charge on any atom is 0.332 e. The molecule has 2 aromatic heterocycles. The molecule has 150 valence electrons. The van der Waals surface area contributed by atoms with Crippen molar-refractivity contribution in [2.45, 2.75) is 32.7 Å². The third-order valence-corrected chi connectivity index (χ3v) is 5.27. The highest BCUT2D eigenvalue weighted by atomic mass is 16.2. The van der Waals surface area contributed by atoms with Crippen molar-refractivity contribution in [1.82, 2.24) is 19.4 Å². The molecule has 0 aliphatic carbocycles. The van der Waals surface area contributed by atoms with Gasteiger partial charge in [-0.05, 0) is 43.9 Å². The Hall–Kier alpha value is -2.90. The van der Waals surface area contributed by atoms with Gasteiger partial charge in [-0.1, -0.05) is 0 Å². The van der Waals surface area contributed by atoms with Gasteiger partial charge in [-0.3, -0.25) is 23.7 Å². The molecular weight excluding hydrogens is 358 g/mol. The fourth-order valence-electron chi connectivity index (χ4n) is 3.64. The molecule has 0 bridgehead atoms. The first-order chi connectivity index (χ1) is 13.5. The molecule has 1 amide bonds. The molecule has 1 aliphatic rings. The number of amides is 1. The summed E-state index contributed by atoms with van der Waals surface area (Å²) in [4.78, 5) is 43.1. The van der Waals surface area contributed by atoms with Crippen LogP contribution in [0.3, 0.4) is 0 Å². The van der Waals surface area contributed by atoms with Crippen molar-refractivity contribution in [3.05, 3.63) is 57.0 Å². The normalized spacial score (nSPS) is 16.8. The summed E-state index contributed by atoms with van der Waals surface area (Å²) in [6.07, 6.45) is 5.89. The van der Waals surface area contributed by atoms with Gasteiger partial charge in [0.2, 0.25) is 5.91 Å². The lowest BCUT2D eigenvalue weighted by Crippen LogP contribution is -2.47. The summed E-state index contributed by atoms with van der Waals surface area (Å²) in [5, 5.41) is 3.01. The predicted molar refractivity (Wildman–Crippen MR) is 108 cm³/mol. The van der Waals surface area contributed by atoms with Crippen molar-refractivity contribution in [3.8, 4) is 0 Å². The average molecular weight is 385 g/mol. The van der Waals surface area contributed by atoms with Gasteiger partial charge < -0.3 is 10.2 Å².